The first-order valence-electron chi connectivity index (χ1n) is 12.8. The van der Waals surface area contributed by atoms with Gasteiger partial charge in [0.15, 0.2) is 6.04 Å². The molecule has 7 nitrogen and oxygen atoms in total. The maximum absolute atomic E-state index is 13.3. The second-order valence-electron chi connectivity index (χ2n) is 9.12. The number of aryl methyl sites for hydroxylation is 1. The Morgan fingerprint density at radius 2 is 1.76 bits per heavy atom. The fraction of sp³-hybridized carbons (Fsp3) is 0.258. The van der Waals surface area contributed by atoms with Crippen molar-refractivity contribution in [2.75, 3.05) is 19.8 Å². The SMILES string of the molecule is CCOC(=O)C1c2cc(OCCc3nc(-c4ccccc4)oc3C)ccc2CCN1C(=O)c1ccccc1. The highest BCUT2D eigenvalue weighted by Gasteiger charge is 2.37. The minimum absolute atomic E-state index is 0.198. The highest BCUT2D eigenvalue weighted by Crippen LogP contribution is 2.34. The van der Waals surface area contributed by atoms with E-state index in [1.165, 1.54) is 0 Å². The van der Waals surface area contributed by atoms with Crippen LogP contribution in [0.4, 0.5) is 0 Å². The lowest BCUT2D eigenvalue weighted by molar-refractivity contribution is -0.149. The van der Waals surface area contributed by atoms with E-state index in [4.69, 9.17) is 13.9 Å². The molecule has 38 heavy (non-hydrogen) atoms. The van der Waals surface area contributed by atoms with Gasteiger partial charge in [0, 0.05) is 24.1 Å². The quantitative estimate of drug-likeness (QED) is 0.288. The van der Waals surface area contributed by atoms with E-state index in [-0.39, 0.29) is 12.5 Å². The third kappa shape index (κ3) is 5.32. The van der Waals surface area contributed by atoms with Crippen LogP contribution in [-0.2, 0) is 22.4 Å². The summed E-state index contributed by atoms with van der Waals surface area (Å²) in [6.07, 6.45) is 1.21. The molecule has 0 radical (unpaired) electrons. The molecule has 0 saturated heterocycles. The second-order valence-corrected chi connectivity index (χ2v) is 9.12. The molecule has 0 spiro atoms. The average molecular weight is 511 g/mol. The van der Waals surface area contributed by atoms with E-state index in [9.17, 15) is 9.59 Å². The van der Waals surface area contributed by atoms with E-state index in [1.54, 1.807) is 24.0 Å². The van der Waals surface area contributed by atoms with Gasteiger partial charge in [-0.05, 0) is 67.8 Å². The molecule has 0 N–H and O–H groups in total. The van der Waals surface area contributed by atoms with E-state index in [0.29, 0.717) is 43.2 Å². The number of oxazole rings is 1. The minimum Gasteiger partial charge on any atom is -0.493 e. The molecular weight excluding hydrogens is 480 g/mol. The van der Waals surface area contributed by atoms with Crippen LogP contribution in [0.5, 0.6) is 5.75 Å². The minimum atomic E-state index is -0.832. The van der Waals surface area contributed by atoms with Crippen molar-refractivity contribution in [1.29, 1.82) is 0 Å². The molecule has 4 aromatic rings. The smallest absolute Gasteiger partial charge is 0.333 e. The molecule has 194 valence electrons. The number of ether oxygens (including phenoxy) is 2. The Kier molecular flexibility index (Phi) is 7.54. The summed E-state index contributed by atoms with van der Waals surface area (Å²) in [5, 5.41) is 0. The Morgan fingerprint density at radius 3 is 2.50 bits per heavy atom. The van der Waals surface area contributed by atoms with Gasteiger partial charge in [-0.15, -0.1) is 0 Å². The lowest BCUT2D eigenvalue weighted by Gasteiger charge is -2.36. The van der Waals surface area contributed by atoms with Crippen LogP contribution in [0.25, 0.3) is 11.5 Å². The monoisotopic (exact) mass is 510 g/mol. The predicted octanol–water partition coefficient (Wildman–Crippen LogP) is 5.57. The number of aromatic nitrogens is 1. The van der Waals surface area contributed by atoms with E-state index < -0.39 is 12.0 Å². The fourth-order valence-corrected chi connectivity index (χ4v) is 4.75. The molecule has 1 aliphatic rings. The number of benzene rings is 3. The van der Waals surface area contributed by atoms with Crippen LogP contribution in [0.15, 0.2) is 83.3 Å². The van der Waals surface area contributed by atoms with Crippen LogP contribution in [-0.4, -0.2) is 41.5 Å². The first-order chi connectivity index (χ1) is 18.5. The number of amides is 1. The summed E-state index contributed by atoms with van der Waals surface area (Å²) in [6.45, 7) is 4.71. The van der Waals surface area contributed by atoms with Crippen molar-refractivity contribution < 1.29 is 23.5 Å². The Balaban J connectivity index is 1.33. The van der Waals surface area contributed by atoms with Crippen molar-refractivity contribution in [2.24, 2.45) is 0 Å². The van der Waals surface area contributed by atoms with Crippen molar-refractivity contribution in [3.8, 4) is 17.2 Å². The molecule has 1 unspecified atom stereocenters. The van der Waals surface area contributed by atoms with Crippen molar-refractivity contribution in [3.05, 3.63) is 107 Å². The van der Waals surface area contributed by atoms with E-state index in [2.05, 4.69) is 4.98 Å². The third-order valence-electron chi connectivity index (χ3n) is 6.66. The Morgan fingerprint density at radius 1 is 1.03 bits per heavy atom. The summed E-state index contributed by atoms with van der Waals surface area (Å²) < 4.78 is 17.3. The number of fused-ring (bicyclic) bond motifs is 1. The van der Waals surface area contributed by atoms with Gasteiger partial charge in [-0.2, -0.15) is 0 Å². The van der Waals surface area contributed by atoms with Gasteiger partial charge in [0.05, 0.1) is 18.9 Å². The topological polar surface area (TPSA) is 81.9 Å². The largest absolute Gasteiger partial charge is 0.493 e. The van der Waals surface area contributed by atoms with Gasteiger partial charge in [0.2, 0.25) is 5.89 Å². The molecule has 1 aromatic heterocycles. The van der Waals surface area contributed by atoms with E-state index >= 15 is 0 Å². The molecule has 7 heteroatoms. The van der Waals surface area contributed by atoms with Crippen LogP contribution in [0, 0.1) is 6.92 Å². The number of carbonyl (C=O) groups excluding carboxylic acids is 2. The van der Waals surface area contributed by atoms with Gasteiger partial charge in [-0.3, -0.25) is 4.79 Å². The van der Waals surface area contributed by atoms with Crippen LogP contribution in [0.3, 0.4) is 0 Å². The van der Waals surface area contributed by atoms with Crippen LogP contribution < -0.4 is 4.74 Å². The molecule has 0 fully saturated rings. The molecule has 2 heterocycles. The zero-order chi connectivity index (χ0) is 26.5. The zero-order valence-electron chi connectivity index (χ0n) is 21.6. The number of hydrogen-bond donors (Lipinski definition) is 0. The molecule has 3 aromatic carbocycles. The summed E-state index contributed by atoms with van der Waals surface area (Å²) in [6, 6.07) is 23.7. The van der Waals surface area contributed by atoms with Gasteiger partial charge in [-0.1, -0.05) is 42.5 Å². The van der Waals surface area contributed by atoms with Crippen molar-refractivity contribution in [3.63, 3.8) is 0 Å². The van der Waals surface area contributed by atoms with Gasteiger partial charge in [0.25, 0.3) is 5.91 Å². The molecule has 1 atom stereocenters. The molecule has 1 aliphatic heterocycles. The summed E-state index contributed by atoms with van der Waals surface area (Å²) in [5.74, 6) is 1.33. The number of carbonyl (C=O) groups is 2. The summed E-state index contributed by atoms with van der Waals surface area (Å²) in [4.78, 5) is 32.7. The molecule has 1 amide bonds. The molecule has 0 bridgehead atoms. The molecular formula is C31H30N2O5. The van der Waals surface area contributed by atoms with Gasteiger partial charge >= 0.3 is 5.97 Å². The maximum atomic E-state index is 13.3. The van der Waals surface area contributed by atoms with Crippen molar-refractivity contribution in [1.82, 2.24) is 9.88 Å². The summed E-state index contributed by atoms with van der Waals surface area (Å²) >= 11 is 0. The number of esters is 1. The number of rotatable bonds is 8. The highest BCUT2D eigenvalue weighted by atomic mass is 16.5. The zero-order valence-corrected chi connectivity index (χ0v) is 21.6. The molecule has 5 rings (SSSR count). The molecule has 0 aliphatic carbocycles. The third-order valence-corrected chi connectivity index (χ3v) is 6.66. The fourth-order valence-electron chi connectivity index (χ4n) is 4.75. The lowest BCUT2D eigenvalue weighted by Crippen LogP contribution is -2.44. The van der Waals surface area contributed by atoms with Crippen LogP contribution >= 0.6 is 0 Å². The van der Waals surface area contributed by atoms with E-state index in [1.807, 2.05) is 73.7 Å². The average Bonchev–Trinajstić information content (AvgIpc) is 3.33. The summed E-state index contributed by atoms with van der Waals surface area (Å²) in [7, 11) is 0. The van der Waals surface area contributed by atoms with Gasteiger partial charge < -0.3 is 18.8 Å². The maximum Gasteiger partial charge on any atom is 0.333 e. The standard InChI is InChI=1S/C31H30N2O5/c1-3-36-31(35)28-26-20-25(15-14-22(26)16-18-33(28)30(34)24-12-8-5-9-13-24)37-19-17-27-21(2)38-29(32-27)23-10-6-4-7-11-23/h4-15,20,28H,3,16-19H2,1-2H3. The van der Waals surface area contributed by atoms with Crippen molar-refractivity contribution >= 4 is 11.9 Å². The Hall–Kier alpha value is -4.39. The van der Waals surface area contributed by atoms with E-state index in [0.717, 1.165) is 28.1 Å². The Bertz CT molecular complexity index is 1410. The Labute approximate surface area is 222 Å². The normalized spacial score (nSPS) is 14.6. The lowest BCUT2D eigenvalue weighted by atomic mass is 9.91. The number of nitrogens with zero attached hydrogens (tertiary/aromatic N) is 2. The highest BCUT2D eigenvalue weighted by molar-refractivity contribution is 5.97. The van der Waals surface area contributed by atoms with Gasteiger partial charge in [-0.25, -0.2) is 9.78 Å². The van der Waals surface area contributed by atoms with Gasteiger partial charge in [0.1, 0.15) is 11.5 Å². The van der Waals surface area contributed by atoms with Crippen LogP contribution in [0.2, 0.25) is 0 Å². The first-order valence-corrected chi connectivity index (χ1v) is 12.8. The number of hydrogen-bond acceptors (Lipinski definition) is 6. The summed E-state index contributed by atoms with van der Waals surface area (Å²) in [5.41, 5.74) is 4.05. The van der Waals surface area contributed by atoms with Crippen LogP contribution in [0.1, 0.15) is 45.9 Å². The second kappa shape index (κ2) is 11.3. The molecule has 0 saturated carbocycles. The van der Waals surface area contributed by atoms with Crippen molar-refractivity contribution in [2.45, 2.75) is 32.7 Å². The first kappa shape index (κ1) is 25.3. The predicted molar refractivity (Wildman–Crippen MR) is 143 cm³/mol.